The molecule has 0 atom stereocenters. The van der Waals surface area contributed by atoms with Gasteiger partial charge in [-0.25, -0.2) is 4.68 Å². The van der Waals surface area contributed by atoms with Gasteiger partial charge in [-0.1, -0.05) is 18.2 Å². The third-order valence-electron chi connectivity index (χ3n) is 2.53. The number of aryl methyl sites for hydroxylation is 1. The van der Waals surface area contributed by atoms with Crippen molar-refractivity contribution >= 4 is 18.0 Å². The van der Waals surface area contributed by atoms with Crippen LogP contribution < -0.4 is 0 Å². The van der Waals surface area contributed by atoms with Gasteiger partial charge >= 0.3 is 0 Å². The number of benzene rings is 1. The maximum Gasteiger partial charge on any atom is 0.220 e. The van der Waals surface area contributed by atoms with Gasteiger partial charge in [0, 0.05) is 17.5 Å². The minimum atomic E-state index is -0.106. The molecule has 0 fully saturated rings. The van der Waals surface area contributed by atoms with E-state index in [9.17, 15) is 9.90 Å². The Hall–Kier alpha value is -1.75. The Labute approximate surface area is 103 Å². The number of carbonyl (C=O) groups excluding carboxylic acids is 1. The van der Waals surface area contributed by atoms with Gasteiger partial charge in [0.1, 0.15) is 11.3 Å². The summed E-state index contributed by atoms with van der Waals surface area (Å²) in [5, 5.41) is 13.9. The molecule has 0 aliphatic carbocycles. The van der Waals surface area contributed by atoms with Crippen LogP contribution in [-0.2, 0) is 7.05 Å². The minimum absolute atomic E-state index is 0.106. The Morgan fingerprint density at radius 3 is 2.76 bits per heavy atom. The minimum Gasteiger partial charge on any atom is -0.493 e. The lowest BCUT2D eigenvalue weighted by Gasteiger charge is -2.04. The average Bonchev–Trinajstić information content (AvgIpc) is 2.65. The number of thioether (sulfide) groups is 1. The maximum absolute atomic E-state index is 11.0. The molecule has 1 aromatic heterocycles. The molecule has 1 N–H and O–H groups in total. The first-order valence-corrected chi connectivity index (χ1v) is 6.26. The van der Waals surface area contributed by atoms with Gasteiger partial charge in [-0.2, -0.15) is 5.10 Å². The van der Waals surface area contributed by atoms with E-state index in [2.05, 4.69) is 5.10 Å². The number of aldehydes is 1. The second-order valence-electron chi connectivity index (χ2n) is 3.53. The standard InChI is InChI=1S/C12H12N2O2S/c1-14-12(16)9(7-15)11(13-14)8-5-3-4-6-10(8)17-2/h3-7,16H,1-2H3. The first-order chi connectivity index (χ1) is 8.19. The van der Waals surface area contributed by atoms with Crippen LogP contribution in [0.25, 0.3) is 11.3 Å². The van der Waals surface area contributed by atoms with Gasteiger partial charge in [0.15, 0.2) is 6.29 Å². The summed E-state index contributed by atoms with van der Waals surface area (Å²) in [6.45, 7) is 0. The first kappa shape index (κ1) is 11.7. The first-order valence-electron chi connectivity index (χ1n) is 5.03. The number of carbonyl (C=O) groups is 1. The number of nitrogens with zero attached hydrogens (tertiary/aromatic N) is 2. The summed E-state index contributed by atoms with van der Waals surface area (Å²) < 4.78 is 1.30. The van der Waals surface area contributed by atoms with Crippen molar-refractivity contribution < 1.29 is 9.90 Å². The zero-order valence-electron chi connectivity index (χ0n) is 9.54. The van der Waals surface area contributed by atoms with E-state index in [1.807, 2.05) is 30.5 Å². The largest absolute Gasteiger partial charge is 0.493 e. The number of rotatable bonds is 3. The Morgan fingerprint density at radius 2 is 2.12 bits per heavy atom. The van der Waals surface area contributed by atoms with E-state index in [0.29, 0.717) is 12.0 Å². The van der Waals surface area contributed by atoms with Gasteiger partial charge in [0.25, 0.3) is 0 Å². The predicted octanol–water partition coefficient (Wildman–Crippen LogP) is 2.33. The molecule has 0 spiro atoms. The fourth-order valence-corrected chi connectivity index (χ4v) is 2.28. The molecule has 0 saturated carbocycles. The SMILES string of the molecule is CSc1ccccc1-c1nn(C)c(O)c1C=O. The average molecular weight is 248 g/mol. The van der Waals surface area contributed by atoms with Crippen molar-refractivity contribution in [3.05, 3.63) is 29.8 Å². The van der Waals surface area contributed by atoms with E-state index in [4.69, 9.17) is 0 Å². The molecule has 0 amide bonds. The molecular formula is C12H12N2O2S. The van der Waals surface area contributed by atoms with Crippen LogP contribution in [0, 0.1) is 0 Å². The van der Waals surface area contributed by atoms with Crippen molar-refractivity contribution in [1.82, 2.24) is 9.78 Å². The zero-order chi connectivity index (χ0) is 12.4. The van der Waals surface area contributed by atoms with Crippen LogP contribution in [0.15, 0.2) is 29.2 Å². The number of aromatic nitrogens is 2. The topological polar surface area (TPSA) is 55.1 Å². The molecule has 88 valence electrons. The van der Waals surface area contributed by atoms with Crippen molar-refractivity contribution in [2.75, 3.05) is 6.26 Å². The normalized spacial score (nSPS) is 10.5. The van der Waals surface area contributed by atoms with Crippen LogP contribution in [0.1, 0.15) is 10.4 Å². The van der Waals surface area contributed by atoms with Crippen LogP contribution >= 0.6 is 11.8 Å². The summed E-state index contributed by atoms with van der Waals surface area (Å²) >= 11 is 1.58. The number of hydrogen-bond acceptors (Lipinski definition) is 4. The molecule has 0 bridgehead atoms. The summed E-state index contributed by atoms with van der Waals surface area (Å²) in [5.41, 5.74) is 1.61. The Morgan fingerprint density at radius 1 is 1.41 bits per heavy atom. The summed E-state index contributed by atoms with van der Waals surface area (Å²) in [6.07, 6.45) is 2.59. The highest BCUT2D eigenvalue weighted by molar-refractivity contribution is 7.98. The Kier molecular flexibility index (Phi) is 3.19. The second kappa shape index (κ2) is 4.63. The summed E-state index contributed by atoms with van der Waals surface area (Å²) in [5.74, 6) is -0.106. The molecule has 0 aliphatic heterocycles. The number of hydrogen-bond donors (Lipinski definition) is 1. The van der Waals surface area contributed by atoms with Crippen LogP contribution in [0.4, 0.5) is 0 Å². The molecule has 2 rings (SSSR count). The van der Waals surface area contributed by atoms with Crippen LogP contribution in [0.3, 0.4) is 0 Å². The Bertz CT molecular complexity index is 564. The van der Waals surface area contributed by atoms with Gasteiger partial charge in [0.05, 0.1) is 0 Å². The van der Waals surface area contributed by atoms with E-state index >= 15 is 0 Å². The van der Waals surface area contributed by atoms with E-state index in [1.165, 1.54) is 4.68 Å². The lowest BCUT2D eigenvalue weighted by atomic mass is 10.1. The van der Waals surface area contributed by atoms with Gasteiger partial charge in [0.2, 0.25) is 5.88 Å². The van der Waals surface area contributed by atoms with Crippen LogP contribution in [0.2, 0.25) is 0 Å². The van der Waals surface area contributed by atoms with E-state index in [-0.39, 0.29) is 11.4 Å². The fraction of sp³-hybridized carbons (Fsp3) is 0.167. The van der Waals surface area contributed by atoms with Crippen molar-refractivity contribution in [1.29, 1.82) is 0 Å². The lowest BCUT2D eigenvalue weighted by molar-refractivity contribution is 0.112. The maximum atomic E-state index is 11.0. The second-order valence-corrected chi connectivity index (χ2v) is 4.38. The van der Waals surface area contributed by atoms with Gasteiger partial charge in [-0.15, -0.1) is 11.8 Å². The fourth-order valence-electron chi connectivity index (χ4n) is 1.68. The lowest BCUT2D eigenvalue weighted by Crippen LogP contribution is -1.90. The van der Waals surface area contributed by atoms with Crippen LogP contribution in [-0.4, -0.2) is 27.4 Å². The van der Waals surface area contributed by atoms with Gasteiger partial charge in [-0.05, 0) is 12.3 Å². The number of aromatic hydroxyl groups is 1. The molecule has 0 unspecified atom stereocenters. The monoisotopic (exact) mass is 248 g/mol. The third-order valence-corrected chi connectivity index (χ3v) is 3.33. The predicted molar refractivity (Wildman–Crippen MR) is 67.5 cm³/mol. The van der Waals surface area contributed by atoms with Crippen molar-refractivity contribution in [2.45, 2.75) is 4.90 Å². The molecule has 0 radical (unpaired) electrons. The van der Waals surface area contributed by atoms with Crippen molar-refractivity contribution in [3.8, 4) is 17.1 Å². The van der Waals surface area contributed by atoms with Crippen molar-refractivity contribution in [3.63, 3.8) is 0 Å². The van der Waals surface area contributed by atoms with E-state index < -0.39 is 0 Å². The highest BCUT2D eigenvalue weighted by atomic mass is 32.2. The van der Waals surface area contributed by atoms with E-state index in [1.54, 1.807) is 18.8 Å². The molecule has 0 aliphatic rings. The summed E-state index contributed by atoms with van der Waals surface area (Å²) in [6, 6.07) is 7.66. The van der Waals surface area contributed by atoms with Crippen molar-refractivity contribution in [2.24, 2.45) is 7.05 Å². The smallest absolute Gasteiger partial charge is 0.220 e. The molecule has 1 heterocycles. The molecule has 4 nitrogen and oxygen atoms in total. The molecule has 1 aromatic carbocycles. The highest BCUT2D eigenvalue weighted by Crippen LogP contribution is 2.33. The third kappa shape index (κ3) is 1.93. The summed E-state index contributed by atoms with van der Waals surface area (Å²) in [4.78, 5) is 12.0. The quantitative estimate of drug-likeness (QED) is 0.669. The Balaban J connectivity index is 2.68. The molecule has 0 saturated heterocycles. The van der Waals surface area contributed by atoms with Gasteiger partial charge < -0.3 is 5.11 Å². The zero-order valence-corrected chi connectivity index (χ0v) is 10.4. The van der Waals surface area contributed by atoms with E-state index in [0.717, 1.165) is 10.5 Å². The summed E-state index contributed by atoms with van der Waals surface area (Å²) in [7, 11) is 1.60. The molecular weight excluding hydrogens is 236 g/mol. The van der Waals surface area contributed by atoms with Crippen LogP contribution in [0.5, 0.6) is 5.88 Å². The molecule has 2 aromatic rings. The molecule has 17 heavy (non-hydrogen) atoms. The highest BCUT2D eigenvalue weighted by Gasteiger charge is 2.18. The molecule has 5 heteroatoms. The van der Waals surface area contributed by atoms with Gasteiger partial charge in [-0.3, -0.25) is 4.79 Å².